The third kappa shape index (κ3) is 3.46. The Morgan fingerprint density at radius 1 is 1.31 bits per heavy atom. The summed E-state index contributed by atoms with van der Waals surface area (Å²) in [5, 5.41) is 2.79. The van der Waals surface area contributed by atoms with Crippen molar-refractivity contribution in [3.05, 3.63) is 29.8 Å². The van der Waals surface area contributed by atoms with Crippen LogP contribution in [0.15, 0.2) is 24.3 Å². The first kappa shape index (κ1) is 12.4. The number of hydrogen-bond donors (Lipinski definition) is 2. The van der Waals surface area contributed by atoms with Crippen LogP contribution in [0.3, 0.4) is 0 Å². The lowest BCUT2D eigenvalue weighted by molar-refractivity contribution is 0.198. The first-order valence-corrected chi connectivity index (χ1v) is 5.54. The molecule has 3 N–H and O–H groups in total. The fraction of sp³-hybridized carbons (Fsp3) is 0.417. The molecule has 1 aromatic carbocycles. The number of nitrogen functional groups attached to an aromatic ring is 1. The van der Waals surface area contributed by atoms with Crippen LogP contribution in [0.1, 0.15) is 19.4 Å². The van der Waals surface area contributed by atoms with E-state index in [9.17, 15) is 4.79 Å². The minimum Gasteiger partial charge on any atom is -0.399 e. The summed E-state index contributed by atoms with van der Waals surface area (Å²) in [6.07, 6.45) is 0. The molecule has 0 radical (unpaired) electrons. The second kappa shape index (κ2) is 6.00. The molecule has 1 rings (SSSR count). The molecule has 0 aliphatic rings. The smallest absolute Gasteiger partial charge is 0.317 e. The Hall–Kier alpha value is -1.71. The Labute approximate surface area is 96.4 Å². The van der Waals surface area contributed by atoms with E-state index in [-0.39, 0.29) is 6.03 Å². The number of carbonyl (C=O) groups excluding carboxylic acids is 1. The topological polar surface area (TPSA) is 58.4 Å². The molecule has 0 atom stereocenters. The quantitative estimate of drug-likeness (QED) is 0.762. The Kier molecular flexibility index (Phi) is 4.64. The number of nitrogens with zero attached hydrogens (tertiary/aromatic N) is 1. The lowest BCUT2D eigenvalue weighted by Crippen LogP contribution is -2.39. The predicted molar refractivity (Wildman–Crippen MR) is 66.0 cm³/mol. The first-order chi connectivity index (χ1) is 7.67. The zero-order chi connectivity index (χ0) is 12.0. The van der Waals surface area contributed by atoms with Crippen LogP contribution in [0.25, 0.3) is 0 Å². The molecular formula is C12H19N3O. The van der Waals surface area contributed by atoms with Crippen molar-refractivity contribution in [3.8, 4) is 0 Å². The van der Waals surface area contributed by atoms with Crippen LogP contribution in [0.2, 0.25) is 0 Å². The fourth-order valence-electron chi connectivity index (χ4n) is 1.43. The highest BCUT2D eigenvalue weighted by atomic mass is 16.2. The van der Waals surface area contributed by atoms with Crippen LogP contribution in [-0.2, 0) is 6.54 Å². The third-order valence-electron chi connectivity index (χ3n) is 2.35. The van der Waals surface area contributed by atoms with Crippen molar-refractivity contribution >= 4 is 11.7 Å². The number of urea groups is 1. The van der Waals surface area contributed by atoms with E-state index >= 15 is 0 Å². The fourth-order valence-corrected chi connectivity index (χ4v) is 1.43. The minimum atomic E-state index is -0.0261. The van der Waals surface area contributed by atoms with Gasteiger partial charge >= 0.3 is 6.03 Å². The molecule has 0 bridgehead atoms. The van der Waals surface area contributed by atoms with E-state index in [1.165, 1.54) is 0 Å². The van der Waals surface area contributed by atoms with Crippen molar-refractivity contribution in [2.45, 2.75) is 20.4 Å². The second-order valence-electron chi connectivity index (χ2n) is 3.59. The van der Waals surface area contributed by atoms with Crippen molar-refractivity contribution in [1.29, 1.82) is 0 Å². The van der Waals surface area contributed by atoms with E-state index in [0.717, 1.165) is 11.3 Å². The number of hydrogen-bond acceptors (Lipinski definition) is 2. The Bertz CT molecular complexity index is 335. The molecule has 0 fully saturated rings. The van der Waals surface area contributed by atoms with Gasteiger partial charge in [0.25, 0.3) is 0 Å². The maximum atomic E-state index is 11.6. The summed E-state index contributed by atoms with van der Waals surface area (Å²) in [5.41, 5.74) is 7.43. The summed E-state index contributed by atoms with van der Waals surface area (Å²) in [7, 11) is 0. The lowest BCUT2D eigenvalue weighted by atomic mass is 10.2. The average molecular weight is 221 g/mol. The number of carbonyl (C=O) groups is 1. The summed E-state index contributed by atoms with van der Waals surface area (Å²) in [4.78, 5) is 13.4. The van der Waals surface area contributed by atoms with Gasteiger partial charge in [-0.2, -0.15) is 0 Å². The highest BCUT2D eigenvalue weighted by molar-refractivity contribution is 5.74. The molecular weight excluding hydrogens is 202 g/mol. The van der Waals surface area contributed by atoms with Crippen molar-refractivity contribution < 1.29 is 4.79 Å². The molecule has 16 heavy (non-hydrogen) atoms. The number of nitrogens with one attached hydrogen (secondary N) is 1. The molecule has 4 nitrogen and oxygen atoms in total. The van der Waals surface area contributed by atoms with Gasteiger partial charge in [0, 0.05) is 25.3 Å². The normalized spacial score (nSPS) is 9.88. The highest BCUT2D eigenvalue weighted by Gasteiger charge is 2.10. The summed E-state index contributed by atoms with van der Waals surface area (Å²) in [6, 6.07) is 7.55. The van der Waals surface area contributed by atoms with E-state index in [4.69, 9.17) is 5.73 Å². The molecule has 88 valence electrons. The van der Waals surface area contributed by atoms with Crippen molar-refractivity contribution in [1.82, 2.24) is 10.2 Å². The molecule has 0 saturated heterocycles. The van der Waals surface area contributed by atoms with Crippen LogP contribution < -0.4 is 11.1 Å². The molecule has 0 saturated carbocycles. The first-order valence-electron chi connectivity index (χ1n) is 5.54. The molecule has 4 heteroatoms. The van der Waals surface area contributed by atoms with Gasteiger partial charge in [-0.15, -0.1) is 0 Å². The zero-order valence-electron chi connectivity index (χ0n) is 9.86. The molecule has 0 aromatic heterocycles. The van der Waals surface area contributed by atoms with E-state index in [0.29, 0.717) is 19.6 Å². The summed E-state index contributed by atoms with van der Waals surface area (Å²) in [5.74, 6) is 0. The van der Waals surface area contributed by atoms with E-state index in [1.807, 2.05) is 38.1 Å². The van der Waals surface area contributed by atoms with Crippen LogP contribution >= 0.6 is 0 Å². The van der Waals surface area contributed by atoms with Crippen molar-refractivity contribution in [2.75, 3.05) is 18.8 Å². The molecule has 0 spiro atoms. The maximum absolute atomic E-state index is 11.6. The standard InChI is InChI=1S/C12H19N3O/c1-3-14-12(16)15(4-2)9-10-5-7-11(13)8-6-10/h5-8H,3-4,9,13H2,1-2H3,(H,14,16). The van der Waals surface area contributed by atoms with Crippen LogP contribution in [0.4, 0.5) is 10.5 Å². The molecule has 0 unspecified atom stereocenters. The van der Waals surface area contributed by atoms with Gasteiger partial charge in [0.1, 0.15) is 0 Å². The average Bonchev–Trinajstić information content (AvgIpc) is 2.28. The summed E-state index contributed by atoms with van der Waals surface area (Å²) >= 11 is 0. The molecule has 0 heterocycles. The van der Waals surface area contributed by atoms with Crippen molar-refractivity contribution in [3.63, 3.8) is 0 Å². The van der Waals surface area contributed by atoms with E-state index in [2.05, 4.69) is 5.32 Å². The number of anilines is 1. The van der Waals surface area contributed by atoms with E-state index < -0.39 is 0 Å². The molecule has 0 aliphatic heterocycles. The number of rotatable bonds is 4. The second-order valence-corrected chi connectivity index (χ2v) is 3.59. The minimum absolute atomic E-state index is 0.0261. The summed E-state index contributed by atoms with van der Waals surface area (Å²) < 4.78 is 0. The molecule has 1 aromatic rings. The van der Waals surface area contributed by atoms with Crippen LogP contribution in [0.5, 0.6) is 0 Å². The van der Waals surface area contributed by atoms with Gasteiger partial charge in [-0.05, 0) is 31.5 Å². The molecule has 2 amide bonds. The van der Waals surface area contributed by atoms with Crippen LogP contribution in [0, 0.1) is 0 Å². The van der Waals surface area contributed by atoms with Gasteiger partial charge in [-0.1, -0.05) is 12.1 Å². The summed E-state index contributed by atoms with van der Waals surface area (Å²) in [6.45, 7) is 5.83. The zero-order valence-corrected chi connectivity index (χ0v) is 9.86. The van der Waals surface area contributed by atoms with Gasteiger partial charge in [-0.25, -0.2) is 4.79 Å². The Morgan fingerprint density at radius 3 is 2.44 bits per heavy atom. The SMILES string of the molecule is CCNC(=O)N(CC)Cc1ccc(N)cc1. The largest absolute Gasteiger partial charge is 0.399 e. The van der Waals surface area contributed by atoms with Gasteiger partial charge in [0.05, 0.1) is 0 Å². The Morgan fingerprint density at radius 2 is 1.94 bits per heavy atom. The Balaban J connectivity index is 2.62. The van der Waals surface area contributed by atoms with Gasteiger partial charge in [0.15, 0.2) is 0 Å². The number of nitrogens with two attached hydrogens (primary N) is 1. The van der Waals surface area contributed by atoms with Crippen LogP contribution in [-0.4, -0.2) is 24.0 Å². The lowest BCUT2D eigenvalue weighted by Gasteiger charge is -2.21. The van der Waals surface area contributed by atoms with E-state index in [1.54, 1.807) is 4.90 Å². The number of amides is 2. The monoisotopic (exact) mass is 221 g/mol. The number of benzene rings is 1. The third-order valence-corrected chi connectivity index (χ3v) is 2.35. The highest BCUT2D eigenvalue weighted by Crippen LogP contribution is 2.08. The predicted octanol–water partition coefficient (Wildman–Crippen LogP) is 1.82. The van der Waals surface area contributed by atoms with Gasteiger partial charge < -0.3 is 16.0 Å². The maximum Gasteiger partial charge on any atom is 0.317 e. The molecule has 0 aliphatic carbocycles. The van der Waals surface area contributed by atoms with Gasteiger partial charge in [0.2, 0.25) is 0 Å². The van der Waals surface area contributed by atoms with Crippen molar-refractivity contribution in [2.24, 2.45) is 0 Å². The van der Waals surface area contributed by atoms with Gasteiger partial charge in [-0.3, -0.25) is 0 Å².